The molecule has 0 aliphatic rings. The summed E-state index contributed by atoms with van der Waals surface area (Å²) in [6, 6.07) is 11.4. The first-order valence-electron chi connectivity index (χ1n) is 8.08. The standard InChI is InChI=1S/C18H17N5O4/c1-21-15-8-7-12(9-16(15)22(2)18(21)25)11-19-20-17(24)10-13-5-3-4-6-14(13)23(26)27/h3-9,11H,10H2,1-2H3,(H,20,24)/b19-11+. The number of rotatable bonds is 5. The van der Waals surface area contributed by atoms with Crippen LogP contribution in [0, 0.1) is 10.1 Å². The lowest BCUT2D eigenvalue weighted by Crippen LogP contribution is -2.20. The summed E-state index contributed by atoms with van der Waals surface area (Å²) >= 11 is 0. The van der Waals surface area contributed by atoms with Gasteiger partial charge in [0.25, 0.3) is 5.69 Å². The van der Waals surface area contributed by atoms with Gasteiger partial charge in [0.15, 0.2) is 0 Å². The van der Waals surface area contributed by atoms with Crippen molar-refractivity contribution in [3.63, 3.8) is 0 Å². The van der Waals surface area contributed by atoms with Crippen LogP contribution in [0.5, 0.6) is 0 Å². The van der Waals surface area contributed by atoms with E-state index >= 15 is 0 Å². The molecule has 1 amide bonds. The van der Waals surface area contributed by atoms with Gasteiger partial charge in [0.1, 0.15) is 0 Å². The molecule has 1 N–H and O–H groups in total. The van der Waals surface area contributed by atoms with Crippen LogP contribution in [-0.4, -0.2) is 26.2 Å². The van der Waals surface area contributed by atoms with E-state index in [1.807, 2.05) is 0 Å². The van der Waals surface area contributed by atoms with Crippen LogP contribution in [0.1, 0.15) is 11.1 Å². The van der Waals surface area contributed by atoms with Crippen molar-refractivity contribution in [1.82, 2.24) is 14.6 Å². The van der Waals surface area contributed by atoms with Gasteiger partial charge in [0.2, 0.25) is 5.91 Å². The monoisotopic (exact) mass is 367 g/mol. The molecular formula is C18H17N5O4. The van der Waals surface area contributed by atoms with Crippen molar-refractivity contribution in [2.45, 2.75) is 6.42 Å². The number of imidazole rings is 1. The van der Waals surface area contributed by atoms with Gasteiger partial charge < -0.3 is 0 Å². The number of amides is 1. The van der Waals surface area contributed by atoms with Gasteiger partial charge in [0.05, 0.1) is 28.6 Å². The minimum Gasteiger partial charge on any atom is -0.295 e. The maximum absolute atomic E-state index is 12.0. The van der Waals surface area contributed by atoms with E-state index in [2.05, 4.69) is 10.5 Å². The number of para-hydroxylation sites is 1. The van der Waals surface area contributed by atoms with Crippen molar-refractivity contribution in [2.24, 2.45) is 19.2 Å². The van der Waals surface area contributed by atoms with E-state index in [4.69, 9.17) is 0 Å². The van der Waals surface area contributed by atoms with Gasteiger partial charge in [-0.25, -0.2) is 10.2 Å². The van der Waals surface area contributed by atoms with E-state index in [1.54, 1.807) is 49.0 Å². The lowest BCUT2D eigenvalue weighted by atomic mass is 10.1. The van der Waals surface area contributed by atoms with Gasteiger partial charge >= 0.3 is 5.69 Å². The lowest BCUT2D eigenvalue weighted by molar-refractivity contribution is -0.385. The van der Waals surface area contributed by atoms with Crippen molar-refractivity contribution < 1.29 is 9.72 Å². The predicted molar refractivity (Wildman–Crippen MR) is 101 cm³/mol. The normalized spacial score (nSPS) is 11.2. The molecule has 9 heteroatoms. The first kappa shape index (κ1) is 18.1. The molecule has 0 bridgehead atoms. The molecule has 27 heavy (non-hydrogen) atoms. The molecule has 1 aromatic heterocycles. The van der Waals surface area contributed by atoms with Gasteiger partial charge in [-0.3, -0.25) is 24.0 Å². The van der Waals surface area contributed by atoms with Crippen molar-refractivity contribution in [2.75, 3.05) is 0 Å². The van der Waals surface area contributed by atoms with E-state index in [9.17, 15) is 19.7 Å². The van der Waals surface area contributed by atoms with Crippen LogP contribution in [0.4, 0.5) is 5.69 Å². The average molecular weight is 367 g/mol. The van der Waals surface area contributed by atoms with Crippen LogP contribution >= 0.6 is 0 Å². The lowest BCUT2D eigenvalue weighted by Gasteiger charge is -2.02. The Kier molecular flexibility index (Phi) is 4.84. The Bertz CT molecular complexity index is 1130. The molecule has 0 spiro atoms. The number of benzene rings is 2. The number of carbonyl (C=O) groups is 1. The van der Waals surface area contributed by atoms with Crippen LogP contribution in [0.25, 0.3) is 11.0 Å². The maximum atomic E-state index is 12.0. The average Bonchev–Trinajstić information content (AvgIpc) is 2.86. The minimum absolute atomic E-state index is 0.105. The van der Waals surface area contributed by atoms with Gasteiger partial charge in [-0.1, -0.05) is 24.3 Å². The molecule has 138 valence electrons. The largest absolute Gasteiger partial charge is 0.328 e. The summed E-state index contributed by atoms with van der Waals surface area (Å²) in [6.45, 7) is 0. The zero-order valence-electron chi connectivity index (χ0n) is 14.7. The first-order chi connectivity index (χ1) is 12.9. The molecule has 0 unspecified atom stereocenters. The Morgan fingerprint density at radius 2 is 1.89 bits per heavy atom. The Balaban J connectivity index is 1.71. The summed E-state index contributed by atoms with van der Waals surface area (Å²) < 4.78 is 3.07. The number of carbonyl (C=O) groups excluding carboxylic acids is 1. The SMILES string of the molecule is Cn1c(=O)n(C)c2cc(/C=N/NC(=O)Cc3ccccc3[N+](=O)[O-])ccc21. The highest BCUT2D eigenvalue weighted by atomic mass is 16.6. The van der Waals surface area contributed by atoms with E-state index < -0.39 is 10.8 Å². The Labute approximate surface area is 153 Å². The number of aromatic nitrogens is 2. The number of hydrazone groups is 1. The second kappa shape index (κ2) is 7.24. The molecule has 0 radical (unpaired) electrons. The molecule has 1 heterocycles. The van der Waals surface area contributed by atoms with Crippen LogP contribution in [0.15, 0.2) is 52.4 Å². The fourth-order valence-electron chi connectivity index (χ4n) is 2.83. The predicted octanol–water partition coefficient (Wildman–Crippen LogP) is 1.48. The first-order valence-corrected chi connectivity index (χ1v) is 8.08. The number of nitrogens with one attached hydrogen (secondary N) is 1. The summed E-state index contributed by atoms with van der Waals surface area (Å²) in [6.07, 6.45) is 1.30. The second-order valence-electron chi connectivity index (χ2n) is 6.00. The zero-order valence-corrected chi connectivity index (χ0v) is 14.7. The van der Waals surface area contributed by atoms with E-state index in [0.717, 1.165) is 11.0 Å². The quantitative estimate of drug-likeness (QED) is 0.418. The van der Waals surface area contributed by atoms with Gasteiger partial charge in [-0.15, -0.1) is 0 Å². The number of nitro groups is 1. The fourth-order valence-corrected chi connectivity index (χ4v) is 2.83. The second-order valence-corrected chi connectivity index (χ2v) is 6.00. The van der Waals surface area contributed by atoms with E-state index in [-0.39, 0.29) is 17.8 Å². The fraction of sp³-hybridized carbons (Fsp3) is 0.167. The number of aryl methyl sites for hydroxylation is 2. The molecule has 0 saturated heterocycles. The number of fused-ring (bicyclic) bond motifs is 1. The van der Waals surface area contributed by atoms with E-state index in [0.29, 0.717) is 11.1 Å². The van der Waals surface area contributed by atoms with Crippen molar-refractivity contribution in [3.05, 3.63) is 74.2 Å². The third kappa shape index (κ3) is 3.61. The van der Waals surface area contributed by atoms with Crippen LogP contribution in [-0.2, 0) is 25.3 Å². The van der Waals surface area contributed by atoms with Crippen molar-refractivity contribution in [1.29, 1.82) is 0 Å². The van der Waals surface area contributed by atoms with E-state index in [1.165, 1.54) is 22.9 Å². The molecule has 0 aliphatic heterocycles. The highest BCUT2D eigenvalue weighted by molar-refractivity contribution is 5.88. The highest BCUT2D eigenvalue weighted by Crippen LogP contribution is 2.18. The van der Waals surface area contributed by atoms with Gasteiger partial charge in [0, 0.05) is 25.7 Å². The summed E-state index contributed by atoms with van der Waals surface area (Å²) in [5.41, 5.74) is 4.69. The Hall–Kier alpha value is -3.75. The van der Waals surface area contributed by atoms with Crippen molar-refractivity contribution >= 4 is 28.8 Å². The summed E-state index contributed by atoms with van der Waals surface area (Å²) in [5.74, 6) is -0.464. The molecule has 0 atom stereocenters. The maximum Gasteiger partial charge on any atom is 0.328 e. The topological polar surface area (TPSA) is 112 Å². The third-order valence-corrected chi connectivity index (χ3v) is 4.24. The summed E-state index contributed by atoms with van der Waals surface area (Å²) in [4.78, 5) is 34.4. The Morgan fingerprint density at radius 3 is 2.63 bits per heavy atom. The smallest absolute Gasteiger partial charge is 0.295 e. The third-order valence-electron chi connectivity index (χ3n) is 4.24. The minimum atomic E-state index is -0.523. The number of nitrogens with zero attached hydrogens (tertiary/aromatic N) is 4. The van der Waals surface area contributed by atoms with Crippen LogP contribution in [0.3, 0.4) is 0 Å². The molecule has 0 aliphatic carbocycles. The van der Waals surface area contributed by atoms with Gasteiger partial charge in [-0.2, -0.15) is 5.10 Å². The zero-order chi connectivity index (χ0) is 19.6. The highest BCUT2D eigenvalue weighted by Gasteiger charge is 2.15. The molecule has 0 saturated carbocycles. The molecular weight excluding hydrogens is 350 g/mol. The number of nitro benzene ring substituents is 1. The van der Waals surface area contributed by atoms with Crippen LogP contribution in [0.2, 0.25) is 0 Å². The molecule has 2 aromatic carbocycles. The molecule has 3 rings (SSSR count). The number of hydrogen-bond acceptors (Lipinski definition) is 5. The van der Waals surface area contributed by atoms with Crippen LogP contribution < -0.4 is 11.1 Å². The molecule has 0 fully saturated rings. The Morgan fingerprint density at radius 1 is 1.19 bits per heavy atom. The summed E-state index contributed by atoms with van der Waals surface area (Å²) in [5, 5.41) is 14.9. The number of hydrogen-bond donors (Lipinski definition) is 1. The van der Waals surface area contributed by atoms with Gasteiger partial charge in [-0.05, 0) is 17.7 Å². The molecule has 3 aromatic rings. The summed E-state index contributed by atoms with van der Waals surface area (Å²) in [7, 11) is 3.38. The van der Waals surface area contributed by atoms with Crippen molar-refractivity contribution in [3.8, 4) is 0 Å². The molecule has 9 nitrogen and oxygen atoms in total.